The van der Waals surface area contributed by atoms with Crippen molar-refractivity contribution in [2.75, 3.05) is 18.0 Å². The molecule has 1 heterocycles. The standard InChI is InChI=1S/C24H30FN3O2/c1-16(2)17(3)26-24(30)21-9-4-5-10-22(21)28-13-11-20(12-14-28)27-23(29)18-7-6-8-19(25)15-18/h4-10,15-17,20H,11-14H2,1-3H3,(H,26,30)(H,27,29)/t17-/m1/s1. The van der Waals surface area contributed by atoms with Gasteiger partial charge >= 0.3 is 0 Å². The second-order valence-corrected chi connectivity index (χ2v) is 8.27. The largest absolute Gasteiger partial charge is 0.371 e. The molecule has 0 aliphatic carbocycles. The van der Waals surface area contributed by atoms with E-state index in [1.165, 1.54) is 18.2 Å². The van der Waals surface area contributed by atoms with E-state index in [9.17, 15) is 14.0 Å². The summed E-state index contributed by atoms with van der Waals surface area (Å²) in [6, 6.07) is 13.5. The van der Waals surface area contributed by atoms with E-state index in [0.717, 1.165) is 31.6 Å². The Balaban J connectivity index is 1.61. The number of piperidine rings is 1. The Hall–Kier alpha value is -2.89. The number of hydrogen-bond acceptors (Lipinski definition) is 3. The highest BCUT2D eigenvalue weighted by Gasteiger charge is 2.24. The number of halogens is 1. The number of para-hydroxylation sites is 1. The van der Waals surface area contributed by atoms with Gasteiger partial charge in [0.15, 0.2) is 0 Å². The zero-order valence-electron chi connectivity index (χ0n) is 17.8. The van der Waals surface area contributed by atoms with Gasteiger partial charge in [0.1, 0.15) is 5.82 Å². The fraction of sp³-hybridized carbons (Fsp3) is 0.417. The molecule has 1 atom stereocenters. The van der Waals surface area contributed by atoms with Crippen LogP contribution < -0.4 is 15.5 Å². The number of carbonyl (C=O) groups excluding carboxylic acids is 2. The van der Waals surface area contributed by atoms with Crippen molar-refractivity contribution in [1.29, 1.82) is 0 Å². The van der Waals surface area contributed by atoms with Gasteiger partial charge in [-0.15, -0.1) is 0 Å². The number of nitrogens with zero attached hydrogens (tertiary/aromatic N) is 1. The van der Waals surface area contributed by atoms with Crippen molar-refractivity contribution in [2.24, 2.45) is 5.92 Å². The first kappa shape index (κ1) is 21.8. The predicted molar refractivity (Wildman–Crippen MR) is 117 cm³/mol. The van der Waals surface area contributed by atoms with Crippen molar-refractivity contribution < 1.29 is 14.0 Å². The number of amides is 2. The van der Waals surface area contributed by atoms with E-state index >= 15 is 0 Å². The number of carbonyl (C=O) groups is 2. The summed E-state index contributed by atoms with van der Waals surface area (Å²) < 4.78 is 13.4. The number of hydrogen-bond donors (Lipinski definition) is 2. The molecule has 0 aromatic heterocycles. The fourth-order valence-electron chi connectivity index (χ4n) is 3.56. The number of rotatable bonds is 6. The van der Waals surface area contributed by atoms with E-state index in [1.807, 2.05) is 31.2 Å². The van der Waals surface area contributed by atoms with Crippen LogP contribution in [0.4, 0.5) is 10.1 Å². The van der Waals surface area contributed by atoms with E-state index in [2.05, 4.69) is 29.4 Å². The van der Waals surface area contributed by atoms with E-state index in [4.69, 9.17) is 0 Å². The number of nitrogens with one attached hydrogen (secondary N) is 2. The van der Waals surface area contributed by atoms with Crippen LogP contribution in [0.5, 0.6) is 0 Å². The van der Waals surface area contributed by atoms with Crippen molar-refractivity contribution in [2.45, 2.75) is 45.7 Å². The maximum atomic E-state index is 13.4. The molecular weight excluding hydrogens is 381 g/mol. The molecule has 3 rings (SSSR count). The highest BCUT2D eigenvalue weighted by atomic mass is 19.1. The summed E-state index contributed by atoms with van der Waals surface area (Å²) in [6.07, 6.45) is 1.53. The van der Waals surface area contributed by atoms with Crippen LogP contribution in [-0.4, -0.2) is 37.0 Å². The molecule has 2 N–H and O–H groups in total. The van der Waals surface area contributed by atoms with Crippen molar-refractivity contribution in [3.8, 4) is 0 Å². The minimum Gasteiger partial charge on any atom is -0.371 e. The highest BCUT2D eigenvalue weighted by molar-refractivity contribution is 6.00. The SMILES string of the molecule is CC(C)[C@@H](C)NC(=O)c1ccccc1N1CCC(NC(=O)c2cccc(F)c2)CC1. The third-order valence-electron chi connectivity index (χ3n) is 5.77. The average Bonchev–Trinajstić information content (AvgIpc) is 2.74. The van der Waals surface area contributed by atoms with Crippen LogP contribution in [0, 0.1) is 11.7 Å². The lowest BCUT2D eigenvalue weighted by Crippen LogP contribution is -2.45. The molecule has 0 bridgehead atoms. The van der Waals surface area contributed by atoms with Crippen LogP contribution in [0.25, 0.3) is 0 Å². The van der Waals surface area contributed by atoms with E-state index in [-0.39, 0.29) is 23.9 Å². The summed E-state index contributed by atoms with van der Waals surface area (Å²) in [4.78, 5) is 27.4. The molecule has 0 saturated carbocycles. The van der Waals surface area contributed by atoms with Gasteiger partial charge in [-0.05, 0) is 56.0 Å². The van der Waals surface area contributed by atoms with Crippen molar-refractivity contribution in [1.82, 2.24) is 10.6 Å². The van der Waals surface area contributed by atoms with Gasteiger partial charge in [-0.2, -0.15) is 0 Å². The van der Waals surface area contributed by atoms with Gasteiger partial charge in [0.2, 0.25) is 0 Å². The van der Waals surface area contributed by atoms with Crippen molar-refractivity contribution in [3.05, 3.63) is 65.5 Å². The first-order valence-corrected chi connectivity index (χ1v) is 10.6. The molecule has 0 radical (unpaired) electrons. The van der Waals surface area contributed by atoms with E-state index < -0.39 is 5.82 Å². The Bertz CT molecular complexity index is 892. The summed E-state index contributed by atoms with van der Waals surface area (Å²) in [5.41, 5.74) is 1.92. The molecule has 1 fully saturated rings. The van der Waals surface area contributed by atoms with Crippen molar-refractivity contribution >= 4 is 17.5 Å². The van der Waals surface area contributed by atoms with Gasteiger partial charge in [0.25, 0.3) is 11.8 Å². The number of benzene rings is 2. The Kier molecular flexibility index (Phi) is 7.08. The highest BCUT2D eigenvalue weighted by Crippen LogP contribution is 2.25. The van der Waals surface area contributed by atoms with E-state index in [1.54, 1.807) is 6.07 Å². The summed E-state index contributed by atoms with van der Waals surface area (Å²) in [7, 11) is 0. The molecule has 2 amide bonds. The normalized spacial score (nSPS) is 15.7. The number of anilines is 1. The topological polar surface area (TPSA) is 61.4 Å². The Labute approximate surface area is 177 Å². The minimum absolute atomic E-state index is 0.0268. The lowest BCUT2D eigenvalue weighted by atomic mass is 10.0. The van der Waals surface area contributed by atoms with Gasteiger partial charge in [0.05, 0.1) is 5.56 Å². The zero-order valence-corrected chi connectivity index (χ0v) is 17.8. The van der Waals surface area contributed by atoms with Crippen LogP contribution in [0.15, 0.2) is 48.5 Å². The predicted octanol–water partition coefficient (Wildman–Crippen LogP) is 4.00. The van der Waals surface area contributed by atoms with Gasteiger partial charge < -0.3 is 15.5 Å². The van der Waals surface area contributed by atoms with Gasteiger partial charge in [-0.1, -0.05) is 32.0 Å². The molecule has 30 heavy (non-hydrogen) atoms. The lowest BCUT2D eigenvalue weighted by Gasteiger charge is -2.35. The molecular formula is C24H30FN3O2. The van der Waals surface area contributed by atoms with E-state index in [0.29, 0.717) is 17.0 Å². The third kappa shape index (κ3) is 5.38. The average molecular weight is 412 g/mol. The molecule has 2 aromatic rings. The molecule has 1 saturated heterocycles. The molecule has 160 valence electrons. The molecule has 1 aliphatic heterocycles. The second kappa shape index (κ2) is 9.74. The maximum Gasteiger partial charge on any atom is 0.253 e. The van der Waals surface area contributed by atoms with Crippen LogP contribution in [0.2, 0.25) is 0 Å². The summed E-state index contributed by atoms with van der Waals surface area (Å²) in [5.74, 6) is -0.374. The molecule has 2 aromatic carbocycles. The smallest absolute Gasteiger partial charge is 0.253 e. The van der Waals surface area contributed by atoms with Crippen LogP contribution in [0.3, 0.4) is 0 Å². The first-order valence-electron chi connectivity index (χ1n) is 10.6. The Morgan fingerprint density at radius 3 is 2.37 bits per heavy atom. The molecule has 5 nitrogen and oxygen atoms in total. The summed E-state index contributed by atoms with van der Waals surface area (Å²) in [6.45, 7) is 7.65. The molecule has 0 unspecified atom stereocenters. The monoisotopic (exact) mass is 411 g/mol. The Morgan fingerprint density at radius 1 is 1.00 bits per heavy atom. The molecule has 6 heteroatoms. The van der Waals surface area contributed by atoms with Crippen LogP contribution >= 0.6 is 0 Å². The fourth-order valence-corrected chi connectivity index (χ4v) is 3.56. The maximum absolute atomic E-state index is 13.4. The summed E-state index contributed by atoms with van der Waals surface area (Å²) in [5, 5.41) is 6.08. The quantitative estimate of drug-likeness (QED) is 0.755. The molecule has 1 aliphatic rings. The Morgan fingerprint density at radius 2 is 1.70 bits per heavy atom. The molecule has 0 spiro atoms. The van der Waals surface area contributed by atoms with Crippen molar-refractivity contribution in [3.63, 3.8) is 0 Å². The van der Waals surface area contributed by atoms with Crippen LogP contribution in [0.1, 0.15) is 54.3 Å². The van der Waals surface area contributed by atoms with Gasteiger partial charge in [-0.25, -0.2) is 4.39 Å². The van der Waals surface area contributed by atoms with Gasteiger partial charge in [-0.3, -0.25) is 9.59 Å². The lowest BCUT2D eigenvalue weighted by molar-refractivity contribution is 0.0924. The summed E-state index contributed by atoms with van der Waals surface area (Å²) >= 11 is 0. The first-order chi connectivity index (χ1) is 14.3. The third-order valence-corrected chi connectivity index (χ3v) is 5.77. The zero-order chi connectivity index (χ0) is 21.7. The second-order valence-electron chi connectivity index (χ2n) is 8.27. The van der Waals surface area contributed by atoms with Crippen LogP contribution in [-0.2, 0) is 0 Å². The van der Waals surface area contributed by atoms with Gasteiger partial charge in [0, 0.05) is 36.4 Å². The minimum atomic E-state index is -0.417.